The van der Waals surface area contributed by atoms with Gasteiger partial charge in [-0.15, -0.1) is 0 Å². The lowest BCUT2D eigenvalue weighted by atomic mass is 10.3. The van der Waals surface area contributed by atoms with Gasteiger partial charge in [0.15, 0.2) is 15.0 Å². The number of sulfone groups is 1. The van der Waals surface area contributed by atoms with E-state index in [2.05, 4.69) is 10.3 Å². The molecule has 0 aliphatic carbocycles. The number of nitrogens with zero attached hydrogens (tertiary/aromatic N) is 1. The second-order valence-corrected chi connectivity index (χ2v) is 7.40. The van der Waals surface area contributed by atoms with Crippen LogP contribution in [0.15, 0.2) is 45.9 Å². The van der Waals surface area contributed by atoms with Crippen LogP contribution in [0.4, 0.5) is 5.13 Å². The van der Waals surface area contributed by atoms with E-state index in [0.717, 1.165) is 21.1 Å². The van der Waals surface area contributed by atoms with E-state index in [4.69, 9.17) is 4.42 Å². The van der Waals surface area contributed by atoms with Crippen molar-refractivity contribution in [3.05, 3.63) is 42.4 Å². The van der Waals surface area contributed by atoms with Crippen molar-refractivity contribution in [3.8, 4) is 0 Å². The molecule has 0 saturated heterocycles. The highest BCUT2D eigenvalue weighted by Crippen LogP contribution is 2.28. The number of anilines is 1. The molecule has 0 unspecified atom stereocenters. The Morgan fingerprint density at radius 2 is 2.20 bits per heavy atom. The fourth-order valence-electron chi connectivity index (χ4n) is 1.79. The maximum Gasteiger partial charge on any atom is 0.184 e. The molecule has 0 saturated carbocycles. The van der Waals surface area contributed by atoms with Gasteiger partial charge < -0.3 is 9.73 Å². The first-order chi connectivity index (χ1) is 9.52. The molecule has 3 aromatic rings. The number of furan rings is 1. The molecule has 0 bridgehead atoms. The zero-order valence-corrected chi connectivity index (χ0v) is 12.3. The second-order valence-electron chi connectivity index (χ2n) is 4.35. The molecule has 1 aromatic carbocycles. The number of hydrogen-bond acceptors (Lipinski definition) is 6. The molecular weight excluding hydrogens is 296 g/mol. The molecule has 0 aliphatic heterocycles. The topological polar surface area (TPSA) is 72.2 Å². The number of rotatable bonds is 4. The zero-order chi connectivity index (χ0) is 14.2. The fourth-order valence-corrected chi connectivity index (χ4v) is 3.41. The van der Waals surface area contributed by atoms with Crippen molar-refractivity contribution in [2.75, 3.05) is 11.6 Å². The Hall–Kier alpha value is -1.86. The first kappa shape index (κ1) is 13.1. The van der Waals surface area contributed by atoms with Crippen LogP contribution in [0.25, 0.3) is 10.2 Å². The second kappa shape index (κ2) is 4.92. The van der Waals surface area contributed by atoms with Crippen LogP contribution in [0.3, 0.4) is 0 Å². The third kappa shape index (κ3) is 2.68. The molecule has 0 amide bonds. The van der Waals surface area contributed by atoms with Crippen molar-refractivity contribution in [1.29, 1.82) is 0 Å². The van der Waals surface area contributed by atoms with Gasteiger partial charge in [0.1, 0.15) is 5.76 Å². The summed E-state index contributed by atoms with van der Waals surface area (Å²) in [6, 6.07) is 8.66. The van der Waals surface area contributed by atoms with Gasteiger partial charge in [-0.3, -0.25) is 0 Å². The van der Waals surface area contributed by atoms with Crippen LogP contribution in [0.2, 0.25) is 0 Å². The highest BCUT2D eigenvalue weighted by Gasteiger charge is 2.10. The molecule has 1 N–H and O–H groups in total. The van der Waals surface area contributed by atoms with Gasteiger partial charge in [-0.05, 0) is 30.3 Å². The lowest BCUT2D eigenvalue weighted by Gasteiger charge is -1.97. The Morgan fingerprint density at radius 3 is 2.90 bits per heavy atom. The van der Waals surface area contributed by atoms with Crippen LogP contribution in [0.1, 0.15) is 5.76 Å². The summed E-state index contributed by atoms with van der Waals surface area (Å²) in [4.78, 5) is 4.72. The van der Waals surface area contributed by atoms with Crippen LogP contribution in [-0.2, 0) is 16.4 Å². The Labute approximate surface area is 120 Å². The normalized spacial score (nSPS) is 11.8. The smallest absolute Gasteiger partial charge is 0.184 e. The molecule has 2 heterocycles. The molecule has 7 heteroatoms. The van der Waals surface area contributed by atoms with Gasteiger partial charge in [-0.25, -0.2) is 13.4 Å². The first-order valence-corrected chi connectivity index (χ1v) is 8.60. The van der Waals surface area contributed by atoms with Gasteiger partial charge >= 0.3 is 0 Å². The number of nitrogens with one attached hydrogen (secondary N) is 1. The van der Waals surface area contributed by atoms with E-state index in [1.54, 1.807) is 24.5 Å². The zero-order valence-electron chi connectivity index (χ0n) is 10.7. The van der Waals surface area contributed by atoms with E-state index in [1.807, 2.05) is 12.1 Å². The maximum atomic E-state index is 11.5. The Morgan fingerprint density at radius 1 is 1.35 bits per heavy atom. The molecule has 104 valence electrons. The third-order valence-corrected chi connectivity index (χ3v) is 4.87. The summed E-state index contributed by atoms with van der Waals surface area (Å²) in [5.41, 5.74) is 0.782. The van der Waals surface area contributed by atoms with E-state index in [-0.39, 0.29) is 0 Å². The molecule has 20 heavy (non-hydrogen) atoms. The quantitative estimate of drug-likeness (QED) is 0.802. The van der Waals surface area contributed by atoms with Crippen molar-refractivity contribution in [2.24, 2.45) is 0 Å². The van der Waals surface area contributed by atoms with E-state index in [1.165, 1.54) is 17.6 Å². The average molecular weight is 308 g/mol. The highest BCUT2D eigenvalue weighted by molar-refractivity contribution is 7.90. The van der Waals surface area contributed by atoms with E-state index in [0.29, 0.717) is 11.4 Å². The summed E-state index contributed by atoms with van der Waals surface area (Å²) >= 11 is 1.42. The van der Waals surface area contributed by atoms with Gasteiger partial charge in [0.2, 0.25) is 0 Å². The Kier molecular flexibility index (Phi) is 3.23. The molecule has 0 spiro atoms. The number of thiazole rings is 1. The molecule has 3 rings (SSSR count). The summed E-state index contributed by atoms with van der Waals surface area (Å²) < 4.78 is 29.1. The third-order valence-electron chi connectivity index (χ3n) is 2.78. The van der Waals surface area contributed by atoms with Crippen LogP contribution in [0.5, 0.6) is 0 Å². The predicted molar refractivity (Wildman–Crippen MR) is 78.8 cm³/mol. The monoisotopic (exact) mass is 308 g/mol. The van der Waals surface area contributed by atoms with Crippen molar-refractivity contribution in [3.63, 3.8) is 0 Å². The predicted octanol–water partition coefficient (Wildman–Crippen LogP) is 2.90. The Balaban J connectivity index is 1.87. The van der Waals surface area contributed by atoms with E-state index >= 15 is 0 Å². The minimum atomic E-state index is -3.19. The standard InChI is InChI=1S/C13H12N2O3S2/c1-20(16,17)10-4-5-11-12(7-10)19-13(15-11)14-8-9-3-2-6-18-9/h2-7H,8H2,1H3,(H,14,15). The van der Waals surface area contributed by atoms with E-state index in [9.17, 15) is 8.42 Å². The summed E-state index contributed by atoms with van der Waals surface area (Å²) in [6.07, 6.45) is 2.82. The SMILES string of the molecule is CS(=O)(=O)c1ccc2nc(NCc3ccco3)sc2c1. The number of aromatic nitrogens is 1. The van der Waals surface area contributed by atoms with Gasteiger partial charge in [0.25, 0.3) is 0 Å². The molecule has 0 fully saturated rings. The molecule has 0 radical (unpaired) electrons. The van der Waals surface area contributed by atoms with Crippen LogP contribution in [-0.4, -0.2) is 19.7 Å². The minimum Gasteiger partial charge on any atom is -0.467 e. The summed E-state index contributed by atoms with van der Waals surface area (Å²) in [5, 5.41) is 3.90. The van der Waals surface area contributed by atoms with Gasteiger partial charge in [-0.2, -0.15) is 0 Å². The number of benzene rings is 1. The molecule has 0 atom stereocenters. The van der Waals surface area contributed by atoms with Crippen LogP contribution >= 0.6 is 11.3 Å². The fraction of sp³-hybridized carbons (Fsp3) is 0.154. The average Bonchev–Trinajstić information content (AvgIpc) is 3.03. The molecule has 5 nitrogen and oxygen atoms in total. The summed E-state index contributed by atoms with van der Waals surface area (Å²) in [6.45, 7) is 0.547. The molecule has 0 aliphatic rings. The molecular formula is C13H12N2O3S2. The number of hydrogen-bond donors (Lipinski definition) is 1. The van der Waals surface area contributed by atoms with Gasteiger partial charge in [0.05, 0.1) is 27.9 Å². The molecule has 2 aromatic heterocycles. The van der Waals surface area contributed by atoms with Crippen molar-refractivity contribution in [2.45, 2.75) is 11.4 Å². The Bertz CT molecular complexity index is 836. The van der Waals surface area contributed by atoms with Gasteiger partial charge in [0, 0.05) is 6.26 Å². The largest absolute Gasteiger partial charge is 0.467 e. The first-order valence-electron chi connectivity index (χ1n) is 5.89. The summed E-state index contributed by atoms with van der Waals surface area (Å²) in [7, 11) is -3.19. The van der Waals surface area contributed by atoms with E-state index < -0.39 is 9.84 Å². The number of fused-ring (bicyclic) bond motifs is 1. The van der Waals surface area contributed by atoms with Crippen LogP contribution in [0, 0.1) is 0 Å². The van der Waals surface area contributed by atoms with Crippen LogP contribution < -0.4 is 5.32 Å². The maximum absolute atomic E-state index is 11.5. The highest BCUT2D eigenvalue weighted by atomic mass is 32.2. The summed E-state index contributed by atoms with van der Waals surface area (Å²) in [5.74, 6) is 0.820. The minimum absolute atomic E-state index is 0.311. The van der Waals surface area contributed by atoms with Crippen molar-refractivity contribution in [1.82, 2.24) is 4.98 Å². The van der Waals surface area contributed by atoms with Crippen molar-refractivity contribution < 1.29 is 12.8 Å². The lowest BCUT2D eigenvalue weighted by Crippen LogP contribution is -1.96. The van der Waals surface area contributed by atoms with Gasteiger partial charge in [-0.1, -0.05) is 11.3 Å². The van der Waals surface area contributed by atoms with Crippen molar-refractivity contribution >= 4 is 36.5 Å². The lowest BCUT2D eigenvalue weighted by molar-refractivity contribution is 0.518.